The molecule has 0 saturated carbocycles. The first kappa shape index (κ1) is 26.3. The highest BCUT2D eigenvalue weighted by Crippen LogP contribution is 2.49. The third kappa shape index (κ3) is 4.48. The van der Waals surface area contributed by atoms with Gasteiger partial charge in [0, 0.05) is 36.4 Å². The Bertz CT molecular complexity index is 1290. The third-order valence-electron chi connectivity index (χ3n) is 8.87. The lowest BCUT2D eigenvalue weighted by Crippen LogP contribution is -2.69. The number of fused-ring (bicyclic) bond motifs is 2. The van der Waals surface area contributed by atoms with E-state index in [0.717, 1.165) is 71.0 Å². The SMILES string of the molecule is C=CC1CCC(C(O)c2ccnc3ccc(OC)cc23)[N+]2(Cc3cc(OC)c(OC)c(OC)c3)CCC2C1. The molecule has 2 aliphatic rings. The maximum absolute atomic E-state index is 12.2. The van der Waals surface area contributed by atoms with E-state index in [9.17, 15) is 5.11 Å². The number of hydrogen-bond acceptors (Lipinski definition) is 6. The normalized spacial score (nSPS) is 25.4. The molecule has 0 radical (unpaired) electrons. The van der Waals surface area contributed by atoms with Crippen LogP contribution in [0.3, 0.4) is 0 Å². The molecule has 5 rings (SSSR count). The molecule has 0 bridgehead atoms. The molecule has 7 nitrogen and oxygen atoms in total. The quantitative estimate of drug-likeness (QED) is 0.300. The van der Waals surface area contributed by atoms with Crippen LogP contribution in [-0.2, 0) is 6.54 Å². The predicted octanol–water partition coefficient (Wildman–Crippen LogP) is 5.45. The molecule has 2 aromatic carbocycles. The van der Waals surface area contributed by atoms with Crippen LogP contribution in [0.5, 0.6) is 23.0 Å². The molecule has 0 spiro atoms. The zero-order valence-corrected chi connectivity index (χ0v) is 22.9. The smallest absolute Gasteiger partial charge is 0.203 e. The van der Waals surface area contributed by atoms with Crippen molar-refractivity contribution in [1.82, 2.24) is 4.98 Å². The largest absolute Gasteiger partial charge is 0.497 e. The van der Waals surface area contributed by atoms with Crippen LogP contribution < -0.4 is 18.9 Å². The van der Waals surface area contributed by atoms with Gasteiger partial charge in [0.05, 0.1) is 46.5 Å². The van der Waals surface area contributed by atoms with Gasteiger partial charge in [-0.15, -0.1) is 6.58 Å². The first-order valence-electron chi connectivity index (χ1n) is 13.4. The highest BCUT2D eigenvalue weighted by Gasteiger charge is 2.55. The molecule has 2 aliphatic heterocycles. The number of rotatable bonds is 9. The highest BCUT2D eigenvalue weighted by molar-refractivity contribution is 5.83. The van der Waals surface area contributed by atoms with Gasteiger partial charge in [-0.05, 0) is 54.3 Å². The lowest BCUT2D eigenvalue weighted by Gasteiger charge is -2.57. The van der Waals surface area contributed by atoms with Crippen molar-refractivity contribution in [3.05, 3.63) is 66.4 Å². The van der Waals surface area contributed by atoms with Gasteiger partial charge >= 0.3 is 0 Å². The summed E-state index contributed by atoms with van der Waals surface area (Å²) in [5.74, 6) is 3.11. The van der Waals surface area contributed by atoms with Crippen LogP contribution in [0.4, 0.5) is 0 Å². The fraction of sp³-hybridized carbons (Fsp3) is 0.452. The summed E-state index contributed by atoms with van der Waals surface area (Å²) >= 11 is 0. The Balaban J connectivity index is 1.59. The number of ether oxygens (including phenoxy) is 4. The summed E-state index contributed by atoms with van der Waals surface area (Å²) in [5.41, 5.74) is 2.87. The Labute approximate surface area is 225 Å². The molecule has 2 saturated heterocycles. The summed E-state index contributed by atoms with van der Waals surface area (Å²) < 4.78 is 23.2. The van der Waals surface area contributed by atoms with Gasteiger partial charge < -0.3 is 28.5 Å². The summed E-state index contributed by atoms with van der Waals surface area (Å²) in [6.45, 7) is 5.92. The molecule has 38 heavy (non-hydrogen) atoms. The van der Waals surface area contributed by atoms with Crippen molar-refractivity contribution in [3.63, 3.8) is 0 Å². The van der Waals surface area contributed by atoms with Gasteiger partial charge in [-0.3, -0.25) is 4.98 Å². The van der Waals surface area contributed by atoms with Crippen molar-refractivity contribution in [2.24, 2.45) is 5.92 Å². The van der Waals surface area contributed by atoms with E-state index < -0.39 is 6.10 Å². The van der Waals surface area contributed by atoms with Gasteiger partial charge in [0.1, 0.15) is 24.4 Å². The van der Waals surface area contributed by atoms with Crippen molar-refractivity contribution in [2.75, 3.05) is 35.0 Å². The summed E-state index contributed by atoms with van der Waals surface area (Å²) in [4.78, 5) is 4.55. The average molecular weight is 520 g/mol. The topological polar surface area (TPSA) is 70.0 Å². The van der Waals surface area contributed by atoms with Crippen molar-refractivity contribution < 1.29 is 28.5 Å². The number of methoxy groups -OCH3 is 4. The Kier molecular flexibility index (Phi) is 7.50. The maximum atomic E-state index is 12.2. The Morgan fingerprint density at radius 2 is 1.76 bits per heavy atom. The van der Waals surface area contributed by atoms with E-state index in [1.165, 1.54) is 0 Å². The van der Waals surface area contributed by atoms with Crippen LogP contribution in [0.1, 0.15) is 42.9 Å². The van der Waals surface area contributed by atoms with Gasteiger partial charge in [-0.25, -0.2) is 0 Å². The van der Waals surface area contributed by atoms with Crippen molar-refractivity contribution >= 4 is 10.9 Å². The number of quaternary nitrogens is 1. The zero-order valence-electron chi connectivity index (χ0n) is 22.9. The number of allylic oxidation sites excluding steroid dienone is 1. The lowest BCUT2D eigenvalue weighted by molar-refractivity contribution is -1.02. The Morgan fingerprint density at radius 3 is 2.37 bits per heavy atom. The molecule has 5 unspecified atom stereocenters. The van der Waals surface area contributed by atoms with Crippen molar-refractivity contribution in [3.8, 4) is 23.0 Å². The van der Waals surface area contributed by atoms with Crippen LogP contribution >= 0.6 is 0 Å². The third-order valence-corrected chi connectivity index (χ3v) is 8.87. The molecular weight excluding hydrogens is 480 g/mol. The molecule has 5 atom stereocenters. The van der Waals surface area contributed by atoms with Gasteiger partial charge in [-0.1, -0.05) is 6.08 Å². The summed E-state index contributed by atoms with van der Waals surface area (Å²) in [5, 5.41) is 13.1. The lowest BCUT2D eigenvalue weighted by atomic mass is 9.85. The number of hydrogen-bond donors (Lipinski definition) is 1. The van der Waals surface area contributed by atoms with E-state index in [-0.39, 0.29) is 6.04 Å². The van der Waals surface area contributed by atoms with Crippen LogP contribution in [0.2, 0.25) is 0 Å². The minimum Gasteiger partial charge on any atom is -0.497 e. The maximum Gasteiger partial charge on any atom is 0.203 e. The summed E-state index contributed by atoms with van der Waals surface area (Å²) in [6, 6.07) is 12.4. The second-order valence-corrected chi connectivity index (χ2v) is 10.6. The van der Waals surface area contributed by atoms with E-state index >= 15 is 0 Å². The van der Waals surface area contributed by atoms with Crippen LogP contribution in [0, 0.1) is 5.92 Å². The average Bonchev–Trinajstić information content (AvgIpc) is 3.05. The molecule has 202 valence electrons. The van der Waals surface area contributed by atoms with Crippen molar-refractivity contribution in [1.29, 1.82) is 0 Å². The van der Waals surface area contributed by atoms with E-state index in [4.69, 9.17) is 18.9 Å². The second-order valence-electron chi connectivity index (χ2n) is 10.6. The molecule has 0 aliphatic carbocycles. The van der Waals surface area contributed by atoms with Crippen LogP contribution in [-0.4, -0.2) is 61.6 Å². The zero-order chi connectivity index (χ0) is 26.9. The standard InChI is InChI=1S/C31H39N2O5/c1-6-20-7-10-27(30(34)24-11-13-32-26-9-8-23(35-2)18-25(24)26)33(14-12-22(33)15-20)19-21-16-28(36-3)31(38-5)29(17-21)37-4/h6,8-9,11,13,16-18,20,22,27,30,34H,1,7,10,12,14-15,19H2,2-5H3/q+1. The Hall–Kier alpha value is -3.29. The van der Waals surface area contributed by atoms with Crippen LogP contribution in [0.25, 0.3) is 10.9 Å². The van der Waals surface area contributed by atoms with Gasteiger partial charge in [0.25, 0.3) is 0 Å². The fourth-order valence-electron chi connectivity index (χ4n) is 6.80. The van der Waals surface area contributed by atoms with Gasteiger partial charge in [-0.2, -0.15) is 0 Å². The van der Waals surface area contributed by atoms with Crippen LogP contribution in [0.15, 0.2) is 55.3 Å². The molecule has 1 aromatic heterocycles. The van der Waals surface area contributed by atoms with Gasteiger partial charge in [0.2, 0.25) is 5.75 Å². The van der Waals surface area contributed by atoms with E-state index in [1.807, 2.05) is 24.3 Å². The molecule has 3 heterocycles. The molecule has 0 amide bonds. The van der Waals surface area contributed by atoms with Gasteiger partial charge in [0.15, 0.2) is 11.5 Å². The molecule has 3 aromatic rings. The number of benzene rings is 2. The first-order valence-corrected chi connectivity index (χ1v) is 13.4. The van der Waals surface area contributed by atoms with E-state index in [1.54, 1.807) is 34.6 Å². The van der Waals surface area contributed by atoms with E-state index in [2.05, 4.69) is 29.8 Å². The predicted molar refractivity (Wildman–Crippen MR) is 148 cm³/mol. The minimum atomic E-state index is -0.652. The Morgan fingerprint density at radius 1 is 1.00 bits per heavy atom. The molecule has 7 heteroatoms. The molecular formula is C31H39N2O5+. The van der Waals surface area contributed by atoms with E-state index in [0.29, 0.717) is 29.2 Å². The second kappa shape index (κ2) is 10.8. The number of nitrogens with zero attached hydrogens (tertiary/aromatic N) is 2. The number of pyridine rings is 1. The number of aromatic nitrogens is 1. The summed E-state index contributed by atoms with van der Waals surface area (Å²) in [7, 11) is 6.58. The van der Waals surface area contributed by atoms with Crippen molar-refractivity contribution in [2.45, 2.75) is 50.4 Å². The fourth-order valence-corrected chi connectivity index (χ4v) is 6.80. The number of aliphatic hydroxyl groups excluding tert-OH is 1. The first-order chi connectivity index (χ1) is 18.5. The number of aliphatic hydroxyl groups is 1. The monoisotopic (exact) mass is 519 g/mol. The molecule has 1 N–H and O–H groups in total. The minimum absolute atomic E-state index is 0.0228. The molecule has 2 fully saturated rings. The highest BCUT2D eigenvalue weighted by atomic mass is 16.5. The summed E-state index contributed by atoms with van der Waals surface area (Å²) in [6.07, 6.45) is 7.41.